The number of thiol groups is 1. The Labute approximate surface area is 102 Å². The average Bonchev–Trinajstić information content (AvgIpc) is 2.67. The van der Waals surface area contributed by atoms with Gasteiger partial charge in [-0.1, -0.05) is 19.9 Å². The fourth-order valence-electron chi connectivity index (χ4n) is 2.04. The largest absolute Gasteiger partial charge is 0.327 e. The summed E-state index contributed by atoms with van der Waals surface area (Å²) in [5, 5.41) is 0. The van der Waals surface area contributed by atoms with Gasteiger partial charge in [0, 0.05) is 12.3 Å². The fourth-order valence-corrected chi connectivity index (χ4v) is 2.28. The first-order chi connectivity index (χ1) is 7.80. The summed E-state index contributed by atoms with van der Waals surface area (Å²) in [6.07, 6.45) is 2.19. The molecule has 0 saturated heterocycles. The van der Waals surface area contributed by atoms with Crippen molar-refractivity contribution in [3.05, 3.63) is 29.6 Å². The molecule has 0 spiro atoms. The molecule has 0 aliphatic rings. The van der Waals surface area contributed by atoms with Crippen molar-refractivity contribution in [1.29, 1.82) is 0 Å². The van der Waals surface area contributed by atoms with Crippen LogP contribution in [0.4, 0.5) is 0 Å². The molecule has 0 bridgehead atoms. The summed E-state index contributed by atoms with van der Waals surface area (Å²) in [6.45, 7) is 5.39. The predicted octanol–water partition coefficient (Wildman–Crippen LogP) is 3.44. The Balaban J connectivity index is 2.58. The molecule has 86 valence electrons. The quantitative estimate of drug-likeness (QED) is 0.802. The zero-order valence-electron chi connectivity index (χ0n) is 9.90. The molecule has 16 heavy (non-hydrogen) atoms. The van der Waals surface area contributed by atoms with E-state index in [-0.39, 0.29) is 0 Å². The summed E-state index contributed by atoms with van der Waals surface area (Å²) >= 11 is 4.35. The van der Waals surface area contributed by atoms with Gasteiger partial charge in [0.05, 0.1) is 11.0 Å². The van der Waals surface area contributed by atoms with E-state index in [9.17, 15) is 0 Å². The first kappa shape index (κ1) is 11.5. The third-order valence-electron chi connectivity index (χ3n) is 2.89. The van der Waals surface area contributed by atoms with Crippen LogP contribution in [-0.4, -0.2) is 9.55 Å². The smallest absolute Gasteiger partial charge is 0.119 e. The Hall–Kier alpha value is -0.960. The van der Waals surface area contributed by atoms with Crippen LogP contribution in [0.25, 0.3) is 11.0 Å². The van der Waals surface area contributed by atoms with Crippen molar-refractivity contribution in [2.45, 2.75) is 39.0 Å². The number of nitrogens with zero attached hydrogens (tertiary/aromatic N) is 2. The first-order valence-electron chi connectivity index (χ1n) is 5.89. The number of rotatable bonds is 4. The lowest BCUT2D eigenvalue weighted by atomic mass is 10.1. The average molecular weight is 234 g/mol. The van der Waals surface area contributed by atoms with Crippen LogP contribution in [0.2, 0.25) is 0 Å². The van der Waals surface area contributed by atoms with Crippen LogP contribution in [0.3, 0.4) is 0 Å². The second kappa shape index (κ2) is 4.91. The van der Waals surface area contributed by atoms with Gasteiger partial charge >= 0.3 is 0 Å². The normalized spacial score (nSPS) is 11.2. The summed E-state index contributed by atoms with van der Waals surface area (Å²) in [5.74, 6) is 1.78. The van der Waals surface area contributed by atoms with E-state index in [0.29, 0.717) is 5.75 Å². The van der Waals surface area contributed by atoms with E-state index in [1.165, 1.54) is 11.1 Å². The monoisotopic (exact) mass is 234 g/mol. The van der Waals surface area contributed by atoms with E-state index in [2.05, 4.69) is 54.2 Å². The lowest BCUT2D eigenvalue weighted by molar-refractivity contribution is 0.673. The van der Waals surface area contributed by atoms with Gasteiger partial charge in [0.1, 0.15) is 5.82 Å². The molecule has 1 aromatic heterocycles. The maximum Gasteiger partial charge on any atom is 0.119 e. The second-order valence-corrected chi connectivity index (χ2v) is 4.33. The van der Waals surface area contributed by atoms with Crippen LogP contribution < -0.4 is 0 Å². The molecule has 0 amide bonds. The molecule has 0 N–H and O–H groups in total. The van der Waals surface area contributed by atoms with Crippen molar-refractivity contribution in [1.82, 2.24) is 9.55 Å². The minimum absolute atomic E-state index is 0.705. The third kappa shape index (κ3) is 1.96. The van der Waals surface area contributed by atoms with Crippen LogP contribution in [-0.2, 0) is 18.7 Å². The highest BCUT2D eigenvalue weighted by atomic mass is 32.1. The molecular weight excluding hydrogens is 216 g/mol. The molecular formula is C13H18N2S. The van der Waals surface area contributed by atoms with Crippen molar-refractivity contribution in [3.8, 4) is 0 Å². The zero-order chi connectivity index (χ0) is 11.5. The zero-order valence-corrected chi connectivity index (χ0v) is 10.8. The molecule has 0 saturated carbocycles. The lowest BCUT2D eigenvalue weighted by Gasteiger charge is -2.05. The Kier molecular flexibility index (Phi) is 3.54. The van der Waals surface area contributed by atoms with E-state index in [1.54, 1.807) is 0 Å². The molecule has 2 aromatic rings. The van der Waals surface area contributed by atoms with Crippen molar-refractivity contribution in [2.24, 2.45) is 0 Å². The molecule has 2 rings (SSSR count). The predicted molar refractivity (Wildman–Crippen MR) is 72.1 cm³/mol. The van der Waals surface area contributed by atoms with E-state index in [1.807, 2.05) is 0 Å². The summed E-state index contributed by atoms with van der Waals surface area (Å²) in [5.41, 5.74) is 3.69. The van der Waals surface area contributed by atoms with E-state index >= 15 is 0 Å². The fraction of sp³-hybridized carbons (Fsp3) is 0.462. The minimum Gasteiger partial charge on any atom is -0.327 e. The minimum atomic E-state index is 0.705. The maximum absolute atomic E-state index is 4.64. The molecule has 0 radical (unpaired) electrons. The van der Waals surface area contributed by atoms with Gasteiger partial charge in [-0.2, -0.15) is 12.6 Å². The lowest BCUT2D eigenvalue weighted by Crippen LogP contribution is -2.01. The van der Waals surface area contributed by atoms with Crippen molar-refractivity contribution < 1.29 is 0 Å². The highest BCUT2D eigenvalue weighted by molar-refractivity contribution is 7.79. The topological polar surface area (TPSA) is 17.8 Å². The van der Waals surface area contributed by atoms with Crippen molar-refractivity contribution in [3.63, 3.8) is 0 Å². The molecule has 0 unspecified atom stereocenters. The Morgan fingerprint density at radius 1 is 1.31 bits per heavy atom. The van der Waals surface area contributed by atoms with E-state index < -0.39 is 0 Å². The number of aryl methyl sites for hydroxylation is 2. The molecule has 0 aliphatic carbocycles. The van der Waals surface area contributed by atoms with Gasteiger partial charge in [-0.3, -0.25) is 0 Å². The maximum atomic E-state index is 4.64. The van der Waals surface area contributed by atoms with Crippen molar-refractivity contribution >= 4 is 23.7 Å². The van der Waals surface area contributed by atoms with E-state index in [4.69, 9.17) is 0 Å². The third-order valence-corrected chi connectivity index (χ3v) is 3.17. The Morgan fingerprint density at radius 3 is 2.75 bits per heavy atom. The second-order valence-electron chi connectivity index (χ2n) is 4.01. The molecule has 0 atom stereocenters. The standard InChI is InChI=1S/C13H18N2S/c1-3-7-15-12-6-5-10(4-2)8-11(12)14-13(15)9-16/h5-6,8,16H,3-4,7,9H2,1-2H3. The Bertz CT molecular complexity index is 488. The number of fused-ring (bicyclic) bond motifs is 1. The molecule has 3 heteroatoms. The number of aromatic nitrogens is 2. The molecule has 1 heterocycles. The van der Waals surface area contributed by atoms with Crippen LogP contribution in [0, 0.1) is 0 Å². The first-order valence-corrected chi connectivity index (χ1v) is 6.52. The number of hydrogen-bond donors (Lipinski definition) is 1. The summed E-state index contributed by atoms with van der Waals surface area (Å²) in [4.78, 5) is 4.64. The van der Waals surface area contributed by atoms with Crippen LogP contribution in [0.15, 0.2) is 18.2 Å². The SMILES string of the molecule is CCCn1c(CS)nc2cc(CC)ccc21. The summed E-state index contributed by atoms with van der Waals surface area (Å²) < 4.78 is 2.28. The molecule has 1 aromatic carbocycles. The van der Waals surface area contributed by atoms with Gasteiger partial charge in [-0.15, -0.1) is 0 Å². The van der Waals surface area contributed by atoms with Gasteiger partial charge in [0.2, 0.25) is 0 Å². The number of imidazole rings is 1. The van der Waals surface area contributed by atoms with E-state index in [0.717, 1.165) is 30.7 Å². The van der Waals surface area contributed by atoms with Gasteiger partial charge in [-0.25, -0.2) is 4.98 Å². The van der Waals surface area contributed by atoms with Gasteiger partial charge < -0.3 is 4.57 Å². The molecule has 0 aliphatic heterocycles. The van der Waals surface area contributed by atoms with Gasteiger partial charge in [-0.05, 0) is 30.5 Å². The highest BCUT2D eigenvalue weighted by Gasteiger charge is 2.08. The summed E-state index contributed by atoms with van der Waals surface area (Å²) in [7, 11) is 0. The van der Waals surface area contributed by atoms with Gasteiger partial charge in [0.15, 0.2) is 0 Å². The van der Waals surface area contributed by atoms with Crippen LogP contribution in [0.1, 0.15) is 31.7 Å². The summed E-state index contributed by atoms with van der Waals surface area (Å²) in [6, 6.07) is 6.57. The van der Waals surface area contributed by atoms with Crippen molar-refractivity contribution in [2.75, 3.05) is 0 Å². The Morgan fingerprint density at radius 2 is 2.12 bits per heavy atom. The van der Waals surface area contributed by atoms with Crippen LogP contribution >= 0.6 is 12.6 Å². The highest BCUT2D eigenvalue weighted by Crippen LogP contribution is 2.19. The van der Waals surface area contributed by atoms with Crippen LogP contribution in [0.5, 0.6) is 0 Å². The number of benzene rings is 1. The van der Waals surface area contributed by atoms with Gasteiger partial charge in [0.25, 0.3) is 0 Å². The number of hydrogen-bond acceptors (Lipinski definition) is 2. The molecule has 0 fully saturated rings. The molecule has 2 nitrogen and oxygen atoms in total.